The molecular formula is C17H26N2O3. The number of nitrogens with zero attached hydrogens (tertiary/aromatic N) is 1. The van der Waals surface area contributed by atoms with Gasteiger partial charge in [-0.15, -0.1) is 0 Å². The van der Waals surface area contributed by atoms with E-state index >= 15 is 0 Å². The highest BCUT2D eigenvalue weighted by molar-refractivity contribution is 5.77. The molecule has 0 spiro atoms. The van der Waals surface area contributed by atoms with Crippen LogP contribution in [-0.4, -0.2) is 49.3 Å². The number of amides is 1. The Hall–Kier alpha value is -1.59. The Morgan fingerprint density at radius 2 is 2.09 bits per heavy atom. The Bertz CT molecular complexity index is 475. The van der Waals surface area contributed by atoms with Gasteiger partial charge in [-0.2, -0.15) is 0 Å². The fraction of sp³-hybridized carbons (Fsp3) is 0.588. The summed E-state index contributed by atoms with van der Waals surface area (Å²) in [6, 6.07) is 7.65. The van der Waals surface area contributed by atoms with Crippen molar-refractivity contribution in [3.8, 4) is 5.75 Å². The van der Waals surface area contributed by atoms with Crippen LogP contribution in [0.3, 0.4) is 0 Å². The topological polar surface area (TPSA) is 61.8 Å². The summed E-state index contributed by atoms with van der Waals surface area (Å²) in [7, 11) is 3.56. The summed E-state index contributed by atoms with van der Waals surface area (Å²) in [6.07, 6.45) is 2.83. The summed E-state index contributed by atoms with van der Waals surface area (Å²) in [6.45, 7) is 1.65. The Kier molecular flexibility index (Phi) is 6.21. The van der Waals surface area contributed by atoms with E-state index in [4.69, 9.17) is 4.74 Å². The van der Waals surface area contributed by atoms with E-state index in [0.29, 0.717) is 19.0 Å². The number of likely N-dealkylation sites (N-methyl/N-ethyl adjacent to an activating group) is 1. The molecule has 1 aromatic rings. The molecule has 1 aliphatic rings. The molecule has 0 heterocycles. The number of aliphatic hydroxyl groups excluding tert-OH is 1. The van der Waals surface area contributed by atoms with E-state index in [9.17, 15) is 9.90 Å². The number of carbonyl (C=O) groups is 1. The van der Waals surface area contributed by atoms with Crippen LogP contribution in [0.2, 0.25) is 0 Å². The van der Waals surface area contributed by atoms with Crippen molar-refractivity contribution in [1.82, 2.24) is 10.2 Å². The third-order valence-electron chi connectivity index (χ3n) is 4.23. The van der Waals surface area contributed by atoms with E-state index in [1.54, 1.807) is 7.11 Å². The average molecular weight is 306 g/mol. The van der Waals surface area contributed by atoms with Gasteiger partial charge in [-0.3, -0.25) is 9.69 Å². The molecule has 5 heteroatoms. The van der Waals surface area contributed by atoms with E-state index in [0.717, 1.165) is 37.1 Å². The minimum atomic E-state index is -0.204. The van der Waals surface area contributed by atoms with Crippen molar-refractivity contribution in [1.29, 1.82) is 0 Å². The third-order valence-corrected chi connectivity index (χ3v) is 4.23. The van der Waals surface area contributed by atoms with Gasteiger partial charge in [-0.05, 0) is 43.5 Å². The fourth-order valence-electron chi connectivity index (χ4n) is 2.94. The number of hydrogen-bond donors (Lipinski definition) is 2. The molecule has 0 bridgehead atoms. The highest BCUT2D eigenvalue weighted by Gasteiger charge is 2.26. The molecule has 1 amide bonds. The molecule has 2 unspecified atom stereocenters. The van der Waals surface area contributed by atoms with Gasteiger partial charge >= 0.3 is 0 Å². The molecule has 1 saturated carbocycles. The molecule has 2 atom stereocenters. The lowest BCUT2D eigenvalue weighted by molar-refractivity contribution is -0.122. The van der Waals surface area contributed by atoms with Crippen LogP contribution in [0.15, 0.2) is 24.3 Å². The number of nitrogens with one attached hydrogen (secondary N) is 1. The van der Waals surface area contributed by atoms with Gasteiger partial charge in [0.2, 0.25) is 5.91 Å². The maximum atomic E-state index is 12.0. The van der Waals surface area contributed by atoms with Crippen molar-refractivity contribution in [2.24, 2.45) is 5.92 Å². The van der Waals surface area contributed by atoms with Gasteiger partial charge in [0.15, 0.2) is 0 Å². The van der Waals surface area contributed by atoms with Crippen LogP contribution >= 0.6 is 0 Å². The molecule has 0 saturated heterocycles. The van der Waals surface area contributed by atoms with Gasteiger partial charge in [-0.25, -0.2) is 0 Å². The number of methoxy groups -OCH3 is 1. The molecule has 2 N–H and O–H groups in total. The molecular weight excluding hydrogens is 280 g/mol. The molecule has 2 rings (SSSR count). The molecule has 1 aliphatic carbocycles. The predicted octanol–water partition coefficient (Wildman–Crippen LogP) is 1.40. The Balaban J connectivity index is 1.70. The maximum Gasteiger partial charge on any atom is 0.234 e. The van der Waals surface area contributed by atoms with Gasteiger partial charge < -0.3 is 15.2 Å². The second-order valence-electron chi connectivity index (χ2n) is 6.08. The summed E-state index contributed by atoms with van der Waals surface area (Å²) >= 11 is 0. The van der Waals surface area contributed by atoms with Gasteiger partial charge in [0.05, 0.1) is 19.8 Å². The Labute approximate surface area is 132 Å². The van der Waals surface area contributed by atoms with Crippen molar-refractivity contribution in [2.75, 3.05) is 27.2 Å². The van der Waals surface area contributed by atoms with Gasteiger partial charge in [0.25, 0.3) is 0 Å². The Morgan fingerprint density at radius 3 is 2.68 bits per heavy atom. The number of aliphatic hydroxyl groups is 1. The zero-order chi connectivity index (χ0) is 15.9. The summed E-state index contributed by atoms with van der Waals surface area (Å²) in [4.78, 5) is 14.0. The van der Waals surface area contributed by atoms with E-state index < -0.39 is 0 Å². The second kappa shape index (κ2) is 8.15. The van der Waals surface area contributed by atoms with E-state index in [-0.39, 0.29) is 12.0 Å². The number of rotatable bonds is 7. The number of ether oxygens (including phenoxy) is 1. The first-order valence-electron chi connectivity index (χ1n) is 7.84. The standard InChI is InChI=1S/C17H26N2O3/c1-19(11-14-4-3-5-16(14)20)12-17(21)18-10-13-6-8-15(22-2)9-7-13/h6-9,14,16,20H,3-5,10-12H2,1-2H3,(H,18,21). The van der Waals surface area contributed by atoms with Crippen molar-refractivity contribution in [2.45, 2.75) is 31.9 Å². The van der Waals surface area contributed by atoms with Crippen molar-refractivity contribution in [3.63, 3.8) is 0 Å². The average Bonchev–Trinajstić information content (AvgIpc) is 2.90. The highest BCUT2D eigenvalue weighted by atomic mass is 16.5. The van der Waals surface area contributed by atoms with Crippen LogP contribution in [0.1, 0.15) is 24.8 Å². The Morgan fingerprint density at radius 1 is 1.36 bits per heavy atom. The number of hydrogen-bond acceptors (Lipinski definition) is 4. The van der Waals surface area contributed by atoms with Crippen LogP contribution in [-0.2, 0) is 11.3 Å². The molecule has 22 heavy (non-hydrogen) atoms. The first-order valence-corrected chi connectivity index (χ1v) is 7.84. The van der Waals surface area contributed by atoms with Gasteiger partial charge in [0, 0.05) is 13.1 Å². The van der Waals surface area contributed by atoms with Crippen molar-refractivity contribution < 1.29 is 14.6 Å². The predicted molar refractivity (Wildman–Crippen MR) is 85.7 cm³/mol. The first-order chi connectivity index (χ1) is 10.6. The summed E-state index contributed by atoms with van der Waals surface area (Å²) in [5, 5.41) is 12.7. The minimum absolute atomic E-state index is 0.00537. The maximum absolute atomic E-state index is 12.0. The minimum Gasteiger partial charge on any atom is -0.497 e. The lowest BCUT2D eigenvalue weighted by Crippen LogP contribution is -2.38. The van der Waals surface area contributed by atoms with Crippen LogP contribution in [0, 0.1) is 5.92 Å². The molecule has 5 nitrogen and oxygen atoms in total. The number of carbonyl (C=O) groups excluding carboxylic acids is 1. The zero-order valence-corrected chi connectivity index (χ0v) is 13.4. The molecule has 0 radical (unpaired) electrons. The largest absolute Gasteiger partial charge is 0.497 e. The summed E-state index contributed by atoms with van der Waals surface area (Å²) < 4.78 is 5.10. The quantitative estimate of drug-likeness (QED) is 0.799. The fourth-order valence-corrected chi connectivity index (χ4v) is 2.94. The van der Waals surface area contributed by atoms with E-state index in [2.05, 4.69) is 5.32 Å². The lowest BCUT2D eigenvalue weighted by atomic mass is 10.1. The first kappa shape index (κ1) is 16.8. The van der Waals surface area contributed by atoms with Crippen molar-refractivity contribution in [3.05, 3.63) is 29.8 Å². The van der Waals surface area contributed by atoms with Gasteiger partial charge in [-0.1, -0.05) is 18.6 Å². The molecule has 0 aromatic heterocycles. The lowest BCUT2D eigenvalue weighted by Gasteiger charge is -2.22. The number of benzene rings is 1. The normalized spacial score (nSPS) is 21.1. The SMILES string of the molecule is COc1ccc(CNC(=O)CN(C)CC2CCCC2O)cc1. The second-order valence-corrected chi connectivity index (χ2v) is 6.08. The smallest absolute Gasteiger partial charge is 0.234 e. The van der Waals surface area contributed by atoms with Crippen LogP contribution in [0.4, 0.5) is 0 Å². The molecule has 1 fully saturated rings. The van der Waals surface area contributed by atoms with E-state index in [1.807, 2.05) is 36.2 Å². The van der Waals surface area contributed by atoms with E-state index in [1.165, 1.54) is 0 Å². The highest BCUT2D eigenvalue weighted by Crippen LogP contribution is 2.25. The molecule has 122 valence electrons. The van der Waals surface area contributed by atoms with Crippen LogP contribution in [0.5, 0.6) is 5.75 Å². The molecule has 0 aliphatic heterocycles. The summed E-state index contributed by atoms with van der Waals surface area (Å²) in [5.41, 5.74) is 1.04. The van der Waals surface area contributed by atoms with Crippen molar-refractivity contribution >= 4 is 5.91 Å². The van der Waals surface area contributed by atoms with Crippen LogP contribution in [0.25, 0.3) is 0 Å². The van der Waals surface area contributed by atoms with Gasteiger partial charge in [0.1, 0.15) is 5.75 Å². The zero-order valence-electron chi connectivity index (χ0n) is 13.4. The monoisotopic (exact) mass is 306 g/mol. The van der Waals surface area contributed by atoms with Crippen LogP contribution < -0.4 is 10.1 Å². The molecule has 1 aromatic carbocycles. The summed E-state index contributed by atoms with van der Waals surface area (Å²) in [5.74, 6) is 1.12. The third kappa shape index (κ3) is 5.00.